The number of fused-ring (bicyclic) bond motifs is 1. The van der Waals surface area contributed by atoms with Crippen LogP contribution < -0.4 is 21.7 Å². The Morgan fingerprint density at radius 3 is 2.25 bits per heavy atom. The molecule has 0 aliphatic carbocycles. The first kappa shape index (κ1) is 57.2. The van der Waals surface area contributed by atoms with Crippen LogP contribution in [0.3, 0.4) is 0 Å². The molecule has 14 nitrogen and oxygen atoms in total. The minimum Gasteiger partial charge on any atom is -0.379 e. The molecule has 0 radical (unpaired) electrons. The van der Waals surface area contributed by atoms with Crippen molar-refractivity contribution < 1.29 is 37.8 Å². The van der Waals surface area contributed by atoms with Crippen molar-refractivity contribution in [3.8, 4) is 10.6 Å². The van der Waals surface area contributed by atoms with Crippen LogP contribution in [0.5, 0.6) is 0 Å². The molecule has 2 heterocycles. The molecule has 7 unspecified atom stereocenters. The highest BCUT2D eigenvalue weighted by atomic mass is 32.1. The topological polar surface area (TPSA) is 185 Å². The van der Waals surface area contributed by atoms with E-state index in [4.69, 9.17) is 15.2 Å². The lowest BCUT2D eigenvalue weighted by atomic mass is 9.90. The summed E-state index contributed by atoms with van der Waals surface area (Å²) in [6.07, 6.45) is 3.27. The molecule has 374 valence electrons. The van der Waals surface area contributed by atoms with Crippen LogP contribution >= 0.6 is 11.3 Å². The average Bonchev–Trinajstić information content (AvgIpc) is 3.97. The lowest BCUT2D eigenvalue weighted by Gasteiger charge is -2.39. The van der Waals surface area contributed by atoms with Crippen molar-refractivity contribution in [1.29, 1.82) is 0 Å². The Morgan fingerprint density at radius 1 is 1.01 bits per heavy atom. The number of nitrogens with zero attached hydrogens (tertiary/aromatic N) is 3. The molecule has 0 saturated carbocycles. The van der Waals surface area contributed by atoms with Crippen molar-refractivity contribution in [2.75, 3.05) is 46.7 Å². The molecule has 1 aliphatic heterocycles. The number of carbonyl (C=O) groups excluding carboxylic acids is 5. The maximum absolute atomic E-state index is 14.1. The van der Waals surface area contributed by atoms with E-state index < -0.39 is 29.7 Å². The second-order valence-corrected chi connectivity index (χ2v) is 19.3. The summed E-state index contributed by atoms with van der Waals surface area (Å²) in [7, 11) is 6.59. The molecule has 3 aromatic carbocycles. The highest BCUT2D eigenvalue weighted by Gasteiger charge is 2.42. The second-order valence-electron chi connectivity index (χ2n) is 18.2. The van der Waals surface area contributed by atoms with Crippen LogP contribution in [0.15, 0.2) is 66.7 Å². The number of carbonyl (C=O) groups is 5. The van der Waals surface area contributed by atoms with Gasteiger partial charge in [0.1, 0.15) is 23.2 Å². The van der Waals surface area contributed by atoms with Gasteiger partial charge in [0.2, 0.25) is 23.6 Å². The van der Waals surface area contributed by atoms with Gasteiger partial charge in [-0.3, -0.25) is 19.2 Å². The first-order valence-electron chi connectivity index (χ1n) is 23.6. The smallest absolute Gasteiger partial charge is 0.247 e. The molecular weight excluding hydrogens is 886 g/mol. The van der Waals surface area contributed by atoms with E-state index in [1.807, 2.05) is 55.5 Å². The second kappa shape index (κ2) is 27.8. The molecule has 7 atom stereocenters. The third-order valence-corrected chi connectivity index (χ3v) is 13.0. The van der Waals surface area contributed by atoms with Crippen molar-refractivity contribution >= 4 is 57.2 Å². The van der Waals surface area contributed by atoms with E-state index >= 15 is 0 Å². The Bertz CT molecular complexity index is 2240. The number of rotatable bonds is 20. The molecule has 1 saturated heterocycles. The van der Waals surface area contributed by atoms with E-state index in [1.54, 1.807) is 65.0 Å². The van der Waals surface area contributed by atoms with Crippen LogP contribution in [-0.2, 0) is 39.9 Å². The van der Waals surface area contributed by atoms with Crippen LogP contribution in [0.1, 0.15) is 91.7 Å². The summed E-state index contributed by atoms with van der Waals surface area (Å²) in [5, 5.41) is 9.70. The van der Waals surface area contributed by atoms with E-state index in [2.05, 4.69) is 48.6 Å². The first-order valence-corrected chi connectivity index (χ1v) is 24.4. The SMILES string of the molecule is CC(C)(N)C=O.CCC.CCC(C)C(C(CC(=O)N1CCCC1C(OC)C(C)C(=O)NC(Cc1ccccc1)C(=O)Nc1ccc(-c2nc3cc(F)ccc3s2)cc1C)OC)N(C)C(=O)CNC. The van der Waals surface area contributed by atoms with Gasteiger partial charge in [-0.1, -0.05) is 77.8 Å². The Morgan fingerprint density at radius 2 is 1.68 bits per heavy atom. The van der Waals surface area contributed by atoms with Gasteiger partial charge < -0.3 is 45.8 Å². The largest absolute Gasteiger partial charge is 0.379 e. The number of likely N-dealkylation sites (tertiary alicyclic amines) is 1. The van der Waals surface area contributed by atoms with E-state index in [0.29, 0.717) is 30.5 Å². The lowest BCUT2D eigenvalue weighted by molar-refractivity contribution is -0.145. The minimum absolute atomic E-state index is 0.0660. The Balaban J connectivity index is 0.00000124. The van der Waals surface area contributed by atoms with E-state index in [9.17, 15) is 28.4 Å². The van der Waals surface area contributed by atoms with Gasteiger partial charge >= 0.3 is 0 Å². The van der Waals surface area contributed by atoms with Gasteiger partial charge in [-0.15, -0.1) is 11.3 Å². The maximum Gasteiger partial charge on any atom is 0.247 e. The number of benzene rings is 3. The number of nitrogens with one attached hydrogen (secondary N) is 3. The lowest BCUT2D eigenvalue weighted by Crippen LogP contribution is -2.55. The molecule has 5 rings (SSSR count). The number of likely N-dealkylation sites (N-methyl/N-ethyl adjacent to an activating group) is 2. The summed E-state index contributed by atoms with van der Waals surface area (Å²) in [5.74, 6) is -1.95. The number of hydrogen-bond acceptors (Lipinski definition) is 11. The number of aldehydes is 1. The fourth-order valence-corrected chi connectivity index (χ4v) is 9.09. The standard InChI is InChI=1S/C45H59FN6O6S.C4H9NO.C3H8/c1-9-27(2)41(51(6)40(54)26-47-5)37(57-7)25-39(53)52-21-13-16-36(52)42(58-8)29(4)43(55)49-35(23-30-14-11-10-12-15-30)44(56)48-33-19-17-31(22-28(33)3)45-50-34-24-32(46)18-20-38(34)59-45;1-4(2,5)3-6;1-3-2/h10-12,14-15,17-20,22,24,27,29,35-37,41-42,47H,9,13,16,21,23,25-26H2,1-8H3,(H,48,56)(H,49,55);3H,5H2,1-2H3;3H2,1-2H3. The van der Waals surface area contributed by atoms with Crippen molar-refractivity contribution in [2.24, 2.45) is 17.6 Å². The molecule has 16 heteroatoms. The fourth-order valence-electron chi connectivity index (χ4n) is 8.14. The van der Waals surface area contributed by atoms with Gasteiger partial charge in [-0.25, -0.2) is 9.37 Å². The fraction of sp³-hybridized carbons (Fsp3) is 0.538. The highest BCUT2D eigenvalue weighted by molar-refractivity contribution is 7.21. The predicted molar refractivity (Wildman–Crippen MR) is 271 cm³/mol. The Kier molecular flexibility index (Phi) is 23.3. The average molecular weight is 962 g/mol. The summed E-state index contributed by atoms with van der Waals surface area (Å²) in [5.41, 5.74) is 8.22. The summed E-state index contributed by atoms with van der Waals surface area (Å²) in [4.78, 5) is 73.0. The molecule has 0 spiro atoms. The summed E-state index contributed by atoms with van der Waals surface area (Å²) >= 11 is 1.46. The number of nitrogens with two attached hydrogens (primary N) is 1. The maximum atomic E-state index is 14.1. The molecule has 1 fully saturated rings. The number of methoxy groups -OCH3 is 2. The number of thiazole rings is 1. The Labute approximate surface area is 407 Å². The van der Waals surface area contributed by atoms with Crippen LogP contribution in [0, 0.1) is 24.6 Å². The number of anilines is 1. The molecule has 4 aromatic rings. The predicted octanol–water partition coefficient (Wildman–Crippen LogP) is 7.56. The zero-order valence-electron chi connectivity index (χ0n) is 42.2. The number of amides is 4. The van der Waals surface area contributed by atoms with Crippen molar-refractivity contribution in [2.45, 2.75) is 130 Å². The number of halogens is 1. The van der Waals surface area contributed by atoms with Gasteiger partial charge in [-0.2, -0.15) is 0 Å². The third-order valence-electron chi connectivity index (χ3n) is 11.9. The van der Waals surface area contributed by atoms with E-state index in [-0.39, 0.29) is 66.8 Å². The molecule has 1 aliphatic rings. The number of aromatic nitrogens is 1. The van der Waals surface area contributed by atoms with Gasteiger partial charge in [-0.05, 0) is 88.0 Å². The first-order chi connectivity index (χ1) is 32.3. The number of ether oxygens (including phenoxy) is 2. The van der Waals surface area contributed by atoms with Crippen molar-refractivity contribution in [3.63, 3.8) is 0 Å². The summed E-state index contributed by atoms with van der Waals surface area (Å²) in [6, 6.07) is 18.0. The zero-order chi connectivity index (χ0) is 50.7. The van der Waals surface area contributed by atoms with Crippen molar-refractivity contribution in [3.05, 3.63) is 83.7 Å². The van der Waals surface area contributed by atoms with Crippen LogP contribution in [-0.4, -0.2) is 122 Å². The summed E-state index contributed by atoms with van der Waals surface area (Å²) in [6.45, 7) is 16.0. The third kappa shape index (κ3) is 16.5. The monoisotopic (exact) mass is 962 g/mol. The summed E-state index contributed by atoms with van der Waals surface area (Å²) < 4.78 is 26.6. The zero-order valence-corrected chi connectivity index (χ0v) is 43.0. The molecular formula is C52H76FN7O7S. The van der Waals surface area contributed by atoms with Gasteiger partial charge in [0, 0.05) is 51.6 Å². The van der Waals surface area contributed by atoms with E-state index in [1.165, 1.54) is 29.9 Å². The number of hydrogen-bond donors (Lipinski definition) is 4. The van der Waals surface area contributed by atoms with Crippen LogP contribution in [0.2, 0.25) is 0 Å². The van der Waals surface area contributed by atoms with Gasteiger partial charge in [0.05, 0.1) is 58.9 Å². The molecule has 1 aromatic heterocycles. The molecule has 5 N–H and O–H groups in total. The Hall–Kier alpha value is -5.13. The number of aryl methyl sites for hydroxylation is 1. The molecule has 4 amide bonds. The van der Waals surface area contributed by atoms with Gasteiger partial charge in [0.15, 0.2) is 0 Å². The molecule has 68 heavy (non-hydrogen) atoms. The van der Waals surface area contributed by atoms with Crippen LogP contribution in [0.25, 0.3) is 20.8 Å². The molecule has 0 bridgehead atoms. The normalized spacial score (nSPS) is 16.1. The minimum atomic E-state index is -0.924. The van der Waals surface area contributed by atoms with E-state index in [0.717, 1.165) is 39.2 Å². The highest BCUT2D eigenvalue weighted by Crippen LogP contribution is 2.33. The van der Waals surface area contributed by atoms with Crippen molar-refractivity contribution in [1.82, 2.24) is 25.4 Å². The van der Waals surface area contributed by atoms with Crippen LogP contribution in [0.4, 0.5) is 10.1 Å². The quantitative estimate of drug-likeness (QED) is 0.0645. The van der Waals surface area contributed by atoms with Gasteiger partial charge in [0.25, 0.3) is 0 Å².